The summed E-state index contributed by atoms with van der Waals surface area (Å²) in [5, 5.41) is 0.625. The van der Waals surface area contributed by atoms with Crippen LogP contribution in [0, 0.1) is 0 Å². The van der Waals surface area contributed by atoms with E-state index in [-0.39, 0.29) is 11.6 Å². The number of halogens is 1. The van der Waals surface area contributed by atoms with Crippen LogP contribution in [-0.4, -0.2) is 16.9 Å². The molecule has 0 aromatic heterocycles. The number of rotatable bonds is 2. The molecular formula is C10H13BrO3. The van der Waals surface area contributed by atoms with Gasteiger partial charge in [-0.25, -0.2) is 4.79 Å². The minimum absolute atomic E-state index is 0.328. The average molecular weight is 261 g/mol. The van der Waals surface area contributed by atoms with Crippen molar-refractivity contribution in [2.24, 2.45) is 0 Å². The highest BCUT2D eigenvalue weighted by Crippen LogP contribution is 2.25. The lowest BCUT2D eigenvalue weighted by molar-refractivity contribution is -0.132. The molecule has 1 heterocycles. The molecule has 4 heteroatoms. The fourth-order valence-corrected chi connectivity index (χ4v) is 1.28. The van der Waals surface area contributed by atoms with Crippen LogP contribution in [0.2, 0.25) is 0 Å². The number of ether oxygens (including phenoxy) is 2. The molecule has 0 saturated heterocycles. The minimum atomic E-state index is -0.378. The number of carbonyl (C=O) groups is 1. The van der Waals surface area contributed by atoms with Crippen LogP contribution in [0.3, 0.4) is 0 Å². The molecule has 0 fully saturated rings. The lowest BCUT2D eigenvalue weighted by atomic mass is 10.2. The molecule has 0 aromatic carbocycles. The Hall–Kier alpha value is -0.770. The summed E-state index contributed by atoms with van der Waals surface area (Å²) in [6, 6.07) is 0. The van der Waals surface area contributed by atoms with Crippen LogP contribution in [0.25, 0.3) is 0 Å². The fourth-order valence-electron chi connectivity index (χ4n) is 0.988. The van der Waals surface area contributed by atoms with Gasteiger partial charge in [0.1, 0.15) is 5.60 Å². The predicted octanol–water partition coefficient (Wildman–Crippen LogP) is 2.52. The molecule has 14 heavy (non-hydrogen) atoms. The molecule has 0 atom stereocenters. The van der Waals surface area contributed by atoms with Crippen LogP contribution in [0.4, 0.5) is 0 Å². The zero-order chi connectivity index (χ0) is 10.8. The maximum absolute atomic E-state index is 11.0. The van der Waals surface area contributed by atoms with E-state index in [2.05, 4.69) is 15.9 Å². The van der Waals surface area contributed by atoms with E-state index in [0.717, 1.165) is 0 Å². The summed E-state index contributed by atoms with van der Waals surface area (Å²) in [4.78, 5) is 11.0. The van der Waals surface area contributed by atoms with E-state index in [4.69, 9.17) is 9.47 Å². The van der Waals surface area contributed by atoms with E-state index in [1.54, 1.807) is 6.08 Å². The summed E-state index contributed by atoms with van der Waals surface area (Å²) in [5.74, 6) is 0.611. The highest BCUT2D eigenvalue weighted by molar-refractivity contribution is 9.09. The molecular weight excluding hydrogens is 248 g/mol. The van der Waals surface area contributed by atoms with Crippen molar-refractivity contribution >= 4 is 21.9 Å². The number of hydrogen-bond donors (Lipinski definition) is 0. The Morgan fingerprint density at radius 2 is 2.21 bits per heavy atom. The molecule has 0 amide bonds. The van der Waals surface area contributed by atoms with Gasteiger partial charge in [-0.3, -0.25) is 0 Å². The fraction of sp³-hybridized carbons (Fsp3) is 0.500. The number of alkyl halides is 1. The SMILES string of the molecule is CC(C)(C)OC1=CC(=O)O/C1=C\CBr. The van der Waals surface area contributed by atoms with Crippen LogP contribution in [0.1, 0.15) is 20.8 Å². The standard InChI is InChI=1S/C10H13BrO3/c1-10(2,3)14-8-6-9(12)13-7(8)4-5-11/h4,6H,5H2,1-3H3/b7-4-. The van der Waals surface area contributed by atoms with Crippen LogP contribution in [0.15, 0.2) is 23.7 Å². The first-order valence-electron chi connectivity index (χ1n) is 4.31. The van der Waals surface area contributed by atoms with E-state index in [1.165, 1.54) is 6.08 Å². The molecule has 0 radical (unpaired) electrons. The van der Waals surface area contributed by atoms with E-state index in [1.807, 2.05) is 20.8 Å². The summed E-state index contributed by atoms with van der Waals surface area (Å²) in [6.07, 6.45) is 3.11. The van der Waals surface area contributed by atoms with Gasteiger partial charge in [0.15, 0.2) is 11.5 Å². The second-order valence-corrected chi connectivity index (χ2v) is 4.51. The zero-order valence-electron chi connectivity index (χ0n) is 8.46. The van der Waals surface area contributed by atoms with Crippen molar-refractivity contribution in [1.82, 2.24) is 0 Å². The number of hydrogen-bond acceptors (Lipinski definition) is 3. The Labute approximate surface area is 91.9 Å². The molecule has 0 unspecified atom stereocenters. The van der Waals surface area contributed by atoms with Crippen LogP contribution < -0.4 is 0 Å². The second-order valence-electron chi connectivity index (χ2n) is 3.87. The summed E-state index contributed by atoms with van der Waals surface area (Å²) < 4.78 is 10.5. The van der Waals surface area contributed by atoms with Crippen molar-refractivity contribution in [3.05, 3.63) is 23.7 Å². The highest BCUT2D eigenvalue weighted by Gasteiger charge is 2.25. The normalized spacial score (nSPS) is 19.6. The first-order valence-corrected chi connectivity index (χ1v) is 5.43. The maximum atomic E-state index is 11.0. The van der Waals surface area contributed by atoms with E-state index < -0.39 is 0 Å². The summed E-state index contributed by atoms with van der Waals surface area (Å²) in [5.41, 5.74) is -0.328. The quantitative estimate of drug-likeness (QED) is 0.566. The molecule has 1 aliphatic rings. The third-order valence-electron chi connectivity index (χ3n) is 1.38. The minimum Gasteiger partial charge on any atom is -0.484 e. The molecule has 0 spiro atoms. The first kappa shape index (κ1) is 11.3. The van der Waals surface area contributed by atoms with Crippen molar-refractivity contribution in [3.63, 3.8) is 0 Å². The zero-order valence-corrected chi connectivity index (χ0v) is 10.1. The Balaban J connectivity index is 2.80. The third-order valence-corrected chi connectivity index (χ3v) is 1.70. The van der Waals surface area contributed by atoms with Gasteiger partial charge in [0.05, 0.1) is 6.08 Å². The topological polar surface area (TPSA) is 35.5 Å². The van der Waals surface area contributed by atoms with Gasteiger partial charge in [-0.1, -0.05) is 15.9 Å². The molecule has 1 aliphatic heterocycles. The molecule has 0 saturated carbocycles. The Bertz CT molecular complexity index is 297. The number of esters is 1. The predicted molar refractivity (Wildman–Crippen MR) is 56.9 cm³/mol. The van der Waals surface area contributed by atoms with Gasteiger partial charge in [-0.2, -0.15) is 0 Å². The summed E-state index contributed by atoms with van der Waals surface area (Å²) in [7, 11) is 0. The van der Waals surface area contributed by atoms with Gasteiger partial charge in [0.25, 0.3) is 0 Å². The molecule has 0 aliphatic carbocycles. The maximum Gasteiger partial charge on any atom is 0.340 e. The van der Waals surface area contributed by atoms with Crippen molar-refractivity contribution in [2.75, 3.05) is 5.33 Å². The smallest absolute Gasteiger partial charge is 0.340 e. The lowest BCUT2D eigenvalue weighted by Gasteiger charge is -2.21. The average Bonchev–Trinajstić information content (AvgIpc) is 2.28. The Morgan fingerprint density at radius 3 is 2.71 bits per heavy atom. The number of allylic oxidation sites excluding steroid dienone is 1. The number of carbonyl (C=O) groups excluding carboxylic acids is 1. The van der Waals surface area contributed by atoms with Gasteiger partial charge in [-0.05, 0) is 26.8 Å². The second kappa shape index (κ2) is 4.17. The van der Waals surface area contributed by atoms with E-state index >= 15 is 0 Å². The molecule has 0 N–H and O–H groups in total. The summed E-state index contributed by atoms with van der Waals surface area (Å²) >= 11 is 3.24. The molecule has 78 valence electrons. The van der Waals surface area contributed by atoms with Crippen LogP contribution in [0.5, 0.6) is 0 Å². The number of cyclic esters (lactones) is 1. The van der Waals surface area contributed by atoms with Gasteiger partial charge in [0, 0.05) is 5.33 Å². The first-order chi connectivity index (χ1) is 6.42. The molecule has 0 bridgehead atoms. The van der Waals surface area contributed by atoms with Crippen molar-refractivity contribution in [3.8, 4) is 0 Å². The van der Waals surface area contributed by atoms with Crippen LogP contribution in [-0.2, 0) is 14.3 Å². The van der Waals surface area contributed by atoms with Crippen molar-refractivity contribution < 1.29 is 14.3 Å². The van der Waals surface area contributed by atoms with Gasteiger partial charge in [0.2, 0.25) is 0 Å². The Morgan fingerprint density at radius 1 is 1.57 bits per heavy atom. The third kappa shape index (κ3) is 3.18. The van der Waals surface area contributed by atoms with Crippen molar-refractivity contribution in [2.45, 2.75) is 26.4 Å². The van der Waals surface area contributed by atoms with E-state index in [0.29, 0.717) is 16.8 Å². The molecule has 0 aromatic rings. The Kier molecular flexibility index (Phi) is 3.37. The monoisotopic (exact) mass is 260 g/mol. The van der Waals surface area contributed by atoms with Crippen molar-refractivity contribution in [1.29, 1.82) is 0 Å². The highest BCUT2D eigenvalue weighted by atomic mass is 79.9. The van der Waals surface area contributed by atoms with Gasteiger partial charge < -0.3 is 9.47 Å². The molecule has 1 rings (SSSR count). The lowest BCUT2D eigenvalue weighted by Crippen LogP contribution is -2.18. The van der Waals surface area contributed by atoms with Gasteiger partial charge in [-0.15, -0.1) is 0 Å². The molecule has 3 nitrogen and oxygen atoms in total. The van der Waals surface area contributed by atoms with E-state index in [9.17, 15) is 4.79 Å². The summed E-state index contributed by atoms with van der Waals surface area (Å²) in [6.45, 7) is 5.76. The largest absolute Gasteiger partial charge is 0.484 e. The van der Waals surface area contributed by atoms with Gasteiger partial charge >= 0.3 is 5.97 Å². The van der Waals surface area contributed by atoms with Crippen LogP contribution >= 0.6 is 15.9 Å².